The minimum absolute atomic E-state index is 0.215. The molecule has 3 aromatic carbocycles. The molecule has 1 aliphatic heterocycles. The smallest absolute Gasteiger partial charge is 0.351 e. The first-order valence-electron chi connectivity index (χ1n) is 9.98. The third-order valence-corrected chi connectivity index (χ3v) is 6.15. The van der Waals surface area contributed by atoms with Crippen LogP contribution in [0.15, 0.2) is 60.7 Å². The minimum Gasteiger partial charge on any atom is -0.478 e. The summed E-state index contributed by atoms with van der Waals surface area (Å²) in [6, 6.07) is 17.9. The van der Waals surface area contributed by atoms with Crippen molar-refractivity contribution in [2.75, 3.05) is 0 Å². The summed E-state index contributed by atoms with van der Waals surface area (Å²) in [6.07, 6.45) is 0. The Morgan fingerprint density at radius 2 is 1.26 bits per heavy atom. The zero-order chi connectivity index (χ0) is 22.1. The fraction of sp³-hybridized carbons (Fsp3) is 0.160. The lowest BCUT2D eigenvalue weighted by atomic mass is 10.1. The van der Waals surface area contributed by atoms with E-state index in [0.717, 1.165) is 26.8 Å². The molecule has 0 fully saturated rings. The van der Waals surface area contributed by atoms with Gasteiger partial charge in [0.25, 0.3) is 11.8 Å². The highest BCUT2D eigenvalue weighted by atomic mass is 16.4. The van der Waals surface area contributed by atoms with Crippen molar-refractivity contribution in [3.8, 4) is 0 Å². The summed E-state index contributed by atoms with van der Waals surface area (Å²) in [5.74, 6) is -2.51. The van der Waals surface area contributed by atoms with Gasteiger partial charge in [0.2, 0.25) is 5.66 Å². The standard InChI is InChI=1S/C25H20N2O4/c1-14-8-10-20-18(12-14)19-13-15(2)9-11-21(19)26(20)25(3,24(30)31)27-22(28)16-6-4-5-7-17(16)23(27)29/h4-13H,1-3H3,(H,30,31). The van der Waals surface area contributed by atoms with Crippen molar-refractivity contribution in [2.45, 2.75) is 26.4 Å². The number of carbonyl (C=O) groups is 3. The summed E-state index contributed by atoms with van der Waals surface area (Å²) in [4.78, 5) is 40.2. The lowest BCUT2D eigenvalue weighted by molar-refractivity contribution is -0.152. The van der Waals surface area contributed by atoms with Crippen molar-refractivity contribution in [1.82, 2.24) is 9.47 Å². The topological polar surface area (TPSA) is 79.6 Å². The zero-order valence-corrected chi connectivity index (χ0v) is 17.3. The predicted molar refractivity (Wildman–Crippen MR) is 117 cm³/mol. The van der Waals surface area contributed by atoms with Gasteiger partial charge in [0, 0.05) is 10.8 Å². The van der Waals surface area contributed by atoms with Gasteiger partial charge in [0.15, 0.2) is 0 Å². The number of aryl methyl sites for hydroxylation is 2. The highest BCUT2D eigenvalue weighted by Crippen LogP contribution is 2.40. The van der Waals surface area contributed by atoms with E-state index in [1.165, 1.54) is 6.92 Å². The van der Waals surface area contributed by atoms with E-state index in [1.807, 2.05) is 50.2 Å². The number of carboxylic acid groups (broad SMARTS) is 1. The molecule has 1 aromatic heterocycles. The van der Waals surface area contributed by atoms with E-state index in [4.69, 9.17) is 0 Å². The van der Waals surface area contributed by atoms with Crippen LogP contribution in [0.2, 0.25) is 0 Å². The number of amides is 2. The summed E-state index contributed by atoms with van der Waals surface area (Å²) >= 11 is 0. The van der Waals surface area contributed by atoms with Crippen LogP contribution in [0.25, 0.3) is 21.8 Å². The zero-order valence-electron chi connectivity index (χ0n) is 17.3. The van der Waals surface area contributed by atoms with Gasteiger partial charge in [-0.3, -0.25) is 9.59 Å². The quantitative estimate of drug-likeness (QED) is 0.504. The molecule has 31 heavy (non-hydrogen) atoms. The fourth-order valence-electron chi connectivity index (χ4n) is 4.60. The number of aliphatic carboxylic acids is 1. The van der Waals surface area contributed by atoms with Crippen LogP contribution in [-0.2, 0) is 10.5 Å². The van der Waals surface area contributed by atoms with Gasteiger partial charge in [0.05, 0.1) is 22.2 Å². The number of hydrogen-bond donors (Lipinski definition) is 1. The van der Waals surface area contributed by atoms with E-state index in [9.17, 15) is 19.5 Å². The van der Waals surface area contributed by atoms with Gasteiger partial charge in [0.1, 0.15) is 0 Å². The van der Waals surface area contributed by atoms with E-state index in [2.05, 4.69) is 0 Å². The molecular weight excluding hydrogens is 392 g/mol. The number of nitrogens with zero attached hydrogens (tertiary/aromatic N) is 2. The van der Waals surface area contributed by atoms with E-state index < -0.39 is 23.4 Å². The van der Waals surface area contributed by atoms with Crippen molar-refractivity contribution in [1.29, 1.82) is 0 Å². The Kier molecular flexibility index (Phi) is 3.86. The molecule has 1 aliphatic rings. The lowest BCUT2D eigenvalue weighted by Gasteiger charge is -2.36. The molecule has 0 saturated heterocycles. The predicted octanol–water partition coefficient (Wildman–Crippen LogP) is 4.46. The lowest BCUT2D eigenvalue weighted by Crippen LogP contribution is -2.56. The summed E-state index contributed by atoms with van der Waals surface area (Å²) < 4.78 is 1.60. The Balaban J connectivity index is 1.88. The molecular formula is C25H20N2O4. The Morgan fingerprint density at radius 3 is 1.68 bits per heavy atom. The van der Waals surface area contributed by atoms with Crippen LogP contribution < -0.4 is 0 Å². The second kappa shape index (κ2) is 6.28. The fourth-order valence-corrected chi connectivity index (χ4v) is 4.60. The maximum Gasteiger partial charge on any atom is 0.351 e. The molecule has 2 heterocycles. The Labute approximate surface area is 178 Å². The molecule has 1 unspecified atom stereocenters. The number of benzene rings is 3. The molecule has 2 amide bonds. The van der Waals surface area contributed by atoms with Crippen LogP contribution in [0.1, 0.15) is 38.8 Å². The van der Waals surface area contributed by atoms with Gasteiger partial charge < -0.3 is 9.67 Å². The second-order valence-corrected chi connectivity index (χ2v) is 8.19. The van der Waals surface area contributed by atoms with Gasteiger partial charge in [-0.25, -0.2) is 9.69 Å². The maximum atomic E-state index is 13.3. The van der Waals surface area contributed by atoms with Crippen LogP contribution in [0.4, 0.5) is 0 Å². The number of carboxylic acids is 1. The molecule has 154 valence electrons. The van der Waals surface area contributed by atoms with Gasteiger partial charge in [-0.2, -0.15) is 0 Å². The SMILES string of the molecule is Cc1ccc2c(c1)c1cc(C)ccc1n2C(C)(C(=O)O)N1C(=O)c2ccccc2C1=O. The van der Waals surface area contributed by atoms with E-state index in [0.29, 0.717) is 11.0 Å². The molecule has 5 rings (SSSR count). The first kappa shape index (κ1) is 19.1. The molecule has 0 spiro atoms. The molecule has 1 atom stereocenters. The number of fused-ring (bicyclic) bond motifs is 4. The molecule has 0 bridgehead atoms. The average Bonchev–Trinajstić information content (AvgIpc) is 3.19. The Morgan fingerprint density at radius 1 is 0.806 bits per heavy atom. The summed E-state index contributed by atoms with van der Waals surface area (Å²) in [6.45, 7) is 5.35. The van der Waals surface area contributed by atoms with Gasteiger partial charge in [-0.15, -0.1) is 0 Å². The molecule has 1 N–H and O–H groups in total. The van der Waals surface area contributed by atoms with Crippen molar-refractivity contribution in [3.05, 3.63) is 82.9 Å². The molecule has 6 nitrogen and oxygen atoms in total. The largest absolute Gasteiger partial charge is 0.478 e. The Hall–Kier alpha value is -3.93. The van der Waals surface area contributed by atoms with Crippen molar-refractivity contribution < 1.29 is 19.5 Å². The molecule has 6 heteroatoms. The number of rotatable bonds is 3. The van der Waals surface area contributed by atoms with E-state index in [-0.39, 0.29) is 11.1 Å². The summed E-state index contributed by atoms with van der Waals surface area (Å²) in [5.41, 5.74) is 1.83. The normalized spacial score (nSPS) is 15.5. The monoisotopic (exact) mass is 412 g/mol. The summed E-state index contributed by atoms with van der Waals surface area (Å²) in [5, 5.41) is 12.2. The number of imide groups is 1. The first-order valence-corrected chi connectivity index (χ1v) is 9.98. The van der Waals surface area contributed by atoms with Crippen molar-refractivity contribution >= 4 is 39.6 Å². The Bertz CT molecular complexity index is 1350. The molecule has 0 radical (unpaired) electrons. The number of aromatic nitrogens is 1. The molecule has 0 saturated carbocycles. The van der Waals surface area contributed by atoms with E-state index in [1.54, 1.807) is 28.8 Å². The van der Waals surface area contributed by atoms with Gasteiger partial charge >= 0.3 is 5.97 Å². The minimum atomic E-state index is -1.96. The molecule has 0 aliphatic carbocycles. The third-order valence-electron chi connectivity index (χ3n) is 6.15. The highest BCUT2D eigenvalue weighted by molar-refractivity contribution is 6.23. The van der Waals surface area contributed by atoms with Gasteiger partial charge in [-0.1, -0.05) is 35.4 Å². The average molecular weight is 412 g/mol. The van der Waals surface area contributed by atoms with Crippen LogP contribution in [-0.4, -0.2) is 32.4 Å². The number of carbonyl (C=O) groups excluding carboxylic acids is 2. The third kappa shape index (κ3) is 2.42. The van der Waals surface area contributed by atoms with Gasteiger partial charge in [-0.05, 0) is 57.2 Å². The second-order valence-electron chi connectivity index (χ2n) is 8.19. The summed E-state index contributed by atoms with van der Waals surface area (Å²) in [7, 11) is 0. The maximum absolute atomic E-state index is 13.3. The van der Waals surface area contributed by atoms with Crippen LogP contribution in [0.5, 0.6) is 0 Å². The van der Waals surface area contributed by atoms with Crippen molar-refractivity contribution in [2.24, 2.45) is 0 Å². The number of hydrogen-bond acceptors (Lipinski definition) is 3. The van der Waals surface area contributed by atoms with Crippen LogP contribution >= 0.6 is 0 Å². The highest BCUT2D eigenvalue weighted by Gasteiger charge is 2.53. The first-order chi connectivity index (χ1) is 14.7. The van der Waals surface area contributed by atoms with Crippen LogP contribution in [0.3, 0.4) is 0 Å². The molecule has 4 aromatic rings. The van der Waals surface area contributed by atoms with E-state index >= 15 is 0 Å². The van der Waals surface area contributed by atoms with Crippen molar-refractivity contribution in [3.63, 3.8) is 0 Å². The van der Waals surface area contributed by atoms with Crippen LogP contribution in [0, 0.1) is 13.8 Å².